The lowest BCUT2D eigenvalue weighted by Gasteiger charge is -2.08. The smallest absolute Gasteiger partial charge is 0.338 e. The molecule has 10 aromatic heterocycles. The summed E-state index contributed by atoms with van der Waals surface area (Å²) in [5, 5.41) is 16.0. The minimum absolute atomic E-state index is 0.0255. The molecule has 0 aliphatic rings. The SMILES string of the molecule is NCc1ccc(Cl)cc1.O=C(Cl)c1ccc(Cl)nc1Cl.O=C(O)c1ccc(Cl)nc1Cl.O=C(c1ccc(Cl)nc1Cl)c1c[nH]c2ncccc12.O=C(c1ccc(NCc2ccc(Cl)cc2)nc1Cl)c1c[nH]c2ncccc12.c1cnc2[nH]ccc2c1. The number of aromatic amines is 3. The van der Waals surface area contributed by atoms with Gasteiger partial charge in [0.25, 0.3) is 5.24 Å². The third-order valence-corrected chi connectivity index (χ3v) is 14.0. The van der Waals surface area contributed by atoms with Gasteiger partial charge in [-0.3, -0.25) is 14.4 Å². The number of carbonyl (C=O) groups excluding carboxylic acids is 3. The zero-order valence-electron chi connectivity index (χ0n) is 43.7. The van der Waals surface area contributed by atoms with Gasteiger partial charge in [-0.15, -0.1) is 0 Å². The molecular weight excluding hydrogens is 1310 g/mol. The number of benzene rings is 2. The Morgan fingerprint density at radius 2 is 0.884 bits per heavy atom. The van der Waals surface area contributed by atoms with Crippen molar-refractivity contribution >= 4 is 178 Å². The van der Waals surface area contributed by atoms with E-state index in [2.05, 4.69) is 55.2 Å². The predicted octanol–water partition coefficient (Wildman–Crippen LogP) is 16.8. The lowest BCUT2D eigenvalue weighted by molar-refractivity contribution is 0.0696. The number of nitrogens with one attached hydrogen (secondary N) is 4. The second-order valence-corrected chi connectivity index (χ2v) is 20.9. The van der Waals surface area contributed by atoms with E-state index in [0.717, 1.165) is 38.0 Å². The topological polar surface area (TPSA) is 264 Å². The van der Waals surface area contributed by atoms with E-state index in [-0.39, 0.29) is 58.8 Å². The molecule has 2 aromatic carbocycles. The number of hydrogen-bond acceptors (Lipinski definition) is 13. The Morgan fingerprint density at radius 1 is 0.453 bits per heavy atom. The van der Waals surface area contributed by atoms with Crippen LogP contribution in [0, 0.1) is 0 Å². The summed E-state index contributed by atoms with van der Waals surface area (Å²) in [5.41, 5.74) is 11.6. The van der Waals surface area contributed by atoms with Crippen LogP contribution in [-0.4, -0.2) is 77.7 Å². The zero-order chi connectivity index (χ0) is 61.9. The number of hydrogen-bond donors (Lipinski definition) is 6. The van der Waals surface area contributed by atoms with Crippen molar-refractivity contribution in [1.82, 2.24) is 49.8 Å². The Bertz CT molecular complexity index is 4230. The maximum Gasteiger partial charge on any atom is 0.338 e. The highest BCUT2D eigenvalue weighted by molar-refractivity contribution is 6.68. The first-order chi connectivity index (χ1) is 41.3. The van der Waals surface area contributed by atoms with Crippen LogP contribution in [0.15, 0.2) is 177 Å². The fourth-order valence-corrected chi connectivity index (χ4v) is 9.27. The minimum atomic E-state index is -1.11. The van der Waals surface area contributed by atoms with Crippen LogP contribution in [0.5, 0.6) is 0 Å². The normalized spacial score (nSPS) is 10.4. The van der Waals surface area contributed by atoms with Crippen LogP contribution in [-0.2, 0) is 13.1 Å². The van der Waals surface area contributed by atoms with E-state index in [1.165, 1.54) is 30.3 Å². The van der Waals surface area contributed by atoms with Crippen LogP contribution >= 0.6 is 116 Å². The van der Waals surface area contributed by atoms with Crippen LogP contribution < -0.4 is 11.1 Å². The maximum atomic E-state index is 12.9. The second-order valence-electron chi connectivity index (χ2n) is 17.1. The van der Waals surface area contributed by atoms with Gasteiger partial charge in [-0.2, -0.15) is 0 Å². The number of carboxylic acids is 1. The lowest BCUT2D eigenvalue weighted by Crippen LogP contribution is -2.06. The lowest BCUT2D eigenvalue weighted by atomic mass is 10.1. The van der Waals surface area contributed by atoms with Crippen LogP contribution in [0.25, 0.3) is 33.1 Å². The molecule has 86 heavy (non-hydrogen) atoms. The molecule has 0 spiro atoms. The Hall–Kier alpha value is -7.75. The number of ketones is 2. The molecule has 0 aliphatic heterocycles. The largest absolute Gasteiger partial charge is 0.478 e. The molecule has 12 rings (SSSR count). The first kappa shape index (κ1) is 65.8. The van der Waals surface area contributed by atoms with E-state index in [1.807, 2.05) is 85.1 Å². The summed E-state index contributed by atoms with van der Waals surface area (Å²) in [6.07, 6.45) is 10.2. The summed E-state index contributed by atoms with van der Waals surface area (Å²) < 4.78 is 0. The van der Waals surface area contributed by atoms with Gasteiger partial charge < -0.3 is 31.1 Å². The molecule has 17 nitrogen and oxygen atoms in total. The van der Waals surface area contributed by atoms with E-state index < -0.39 is 11.2 Å². The van der Waals surface area contributed by atoms with Gasteiger partial charge in [-0.25, -0.2) is 39.7 Å². The number of carbonyl (C=O) groups is 4. The number of aromatic carboxylic acids is 1. The number of halogens is 10. The van der Waals surface area contributed by atoms with Crippen molar-refractivity contribution in [1.29, 1.82) is 0 Å². The number of nitrogens with zero attached hydrogens (tertiary/aromatic N) is 7. The monoisotopic (exact) mass is 1350 g/mol. The molecule has 0 bridgehead atoms. The Balaban J connectivity index is 0.000000157. The van der Waals surface area contributed by atoms with Gasteiger partial charge >= 0.3 is 5.97 Å². The standard InChI is InChI=1S/C20H14Cl2N4O.C13H7Cl2N3O.C7H8ClN.C7H6N2.C6H2Cl3NO.C6H3Cl2NO2/c21-13-5-3-12(4-6-13)10-24-17-8-7-15(19(22)26-17)18(27)16-11-25-20-14(16)2-1-9-23-20;14-10-4-3-8(12(15)18-10)11(19)9-6-17-13-7(9)2-1-5-16-13;8-7-3-1-6(5-9)2-4-7;1-2-6-3-5-9-7(6)8-4-1;7-4-2-1-3(6(9)11)5(8)10-4;7-4-2-1-3(6(10)11)5(8)9-4/h1-9,11H,10H2,(H,23,25)(H,24,26);1-6H,(H,16,17);1-4H,5,9H2;1-5H,(H,8,9);1-2H;1-2H,(H,10,11). The number of fused-ring (bicyclic) bond motifs is 3. The molecule has 7 N–H and O–H groups in total. The van der Waals surface area contributed by atoms with Gasteiger partial charge in [0.15, 0.2) is 11.6 Å². The molecule has 0 radical (unpaired) electrons. The number of rotatable bonds is 10. The van der Waals surface area contributed by atoms with Gasteiger partial charge in [-0.1, -0.05) is 129 Å². The van der Waals surface area contributed by atoms with Crippen LogP contribution in [0.2, 0.25) is 46.1 Å². The molecular formula is C59H40Cl10N12O5. The van der Waals surface area contributed by atoms with Gasteiger partial charge in [0.1, 0.15) is 58.8 Å². The Labute approximate surface area is 539 Å². The average Bonchev–Trinajstić information content (AvgIpc) is 2.24. The Kier molecular flexibility index (Phi) is 24.6. The van der Waals surface area contributed by atoms with Gasteiger partial charge in [0.2, 0.25) is 0 Å². The molecule has 0 fully saturated rings. The molecule has 0 saturated carbocycles. The molecule has 0 aliphatic carbocycles. The zero-order valence-corrected chi connectivity index (χ0v) is 51.3. The third-order valence-electron chi connectivity index (χ3n) is 11.5. The quantitative estimate of drug-likeness (QED) is 0.0423. The number of nitrogens with two attached hydrogens (primary N) is 1. The van der Waals surface area contributed by atoms with Crippen molar-refractivity contribution in [3.63, 3.8) is 0 Å². The predicted molar refractivity (Wildman–Crippen MR) is 342 cm³/mol. The summed E-state index contributed by atoms with van der Waals surface area (Å²) in [6.45, 7) is 1.15. The fourth-order valence-electron chi connectivity index (χ4n) is 7.29. The van der Waals surface area contributed by atoms with E-state index in [1.54, 1.807) is 61.3 Å². The van der Waals surface area contributed by atoms with Crippen molar-refractivity contribution in [3.8, 4) is 0 Å². The molecule has 12 aromatic rings. The first-order valence-electron chi connectivity index (χ1n) is 24.6. The highest BCUT2D eigenvalue weighted by atomic mass is 35.5. The molecule has 0 unspecified atom stereocenters. The van der Waals surface area contributed by atoms with Crippen LogP contribution in [0.1, 0.15) is 63.7 Å². The van der Waals surface area contributed by atoms with Gasteiger partial charge in [0, 0.05) is 87.6 Å². The third kappa shape index (κ3) is 18.6. The van der Waals surface area contributed by atoms with Crippen molar-refractivity contribution in [3.05, 3.63) is 267 Å². The molecule has 10 heterocycles. The molecule has 0 amide bonds. The van der Waals surface area contributed by atoms with E-state index in [0.29, 0.717) is 57.5 Å². The summed E-state index contributed by atoms with van der Waals surface area (Å²) in [7, 11) is 0. The number of carboxylic acid groups (broad SMARTS) is 1. The highest BCUT2D eigenvalue weighted by Crippen LogP contribution is 2.27. The van der Waals surface area contributed by atoms with E-state index >= 15 is 0 Å². The summed E-state index contributed by atoms with van der Waals surface area (Å²) in [4.78, 5) is 82.9. The first-order valence-corrected chi connectivity index (χ1v) is 28.4. The fraction of sp³-hybridized carbons (Fsp3) is 0.0339. The second kappa shape index (κ2) is 32.1. The Morgan fingerprint density at radius 3 is 1.33 bits per heavy atom. The molecule has 0 atom stereocenters. The van der Waals surface area contributed by atoms with Crippen LogP contribution in [0.3, 0.4) is 0 Å². The summed E-state index contributed by atoms with van der Waals surface area (Å²) in [5.74, 6) is -0.935. The number of aromatic nitrogens is 10. The highest BCUT2D eigenvalue weighted by Gasteiger charge is 2.20. The van der Waals surface area contributed by atoms with Crippen molar-refractivity contribution in [2.24, 2.45) is 5.73 Å². The van der Waals surface area contributed by atoms with Crippen molar-refractivity contribution in [2.45, 2.75) is 13.1 Å². The van der Waals surface area contributed by atoms with Gasteiger partial charge in [-0.05, 0) is 138 Å². The van der Waals surface area contributed by atoms with E-state index in [4.69, 9.17) is 127 Å². The van der Waals surface area contributed by atoms with Crippen molar-refractivity contribution in [2.75, 3.05) is 5.32 Å². The van der Waals surface area contributed by atoms with Gasteiger partial charge in [0.05, 0.1) is 22.3 Å². The molecule has 436 valence electrons. The van der Waals surface area contributed by atoms with E-state index in [9.17, 15) is 19.2 Å². The number of H-pyrrole nitrogens is 3. The average molecular weight is 1350 g/mol. The molecule has 0 saturated heterocycles. The van der Waals surface area contributed by atoms with Crippen LogP contribution in [0.4, 0.5) is 5.82 Å². The summed E-state index contributed by atoms with van der Waals surface area (Å²) in [6, 6.07) is 40.3. The van der Waals surface area contributed by atoms with Crippen molar-refractivity contribution < 1.29 is 24.3 Å². The number of anilines is 1. The molecule has 27 heteroatoms. The maximum absolute atomic E-state index is 12.9. The number of pyridine rings is 7. The minimum Gasteiger partial charge on any atom is -0.478 e. The summed E-state index contributed by atoms with van der Waals surface area (Å²) >= 11 is 56.5.